The van der Waals surface area contributed by atoms with Crippen molar-refractivity contribution >= 4 is 23.1 Å². The molecule has 1 aliphatic heterocycles. The fourth-order valence-corrected chi connectivity index (χ4v) is 3.27. The second-order valence-electron chi connectivity index (χ2n) is 7.53. The lowest BCUT2D eigenvalue weighted by atomic mass is 10.0. The molecule has 1 heterocycles. The van der Waals surface area contributed by atoms with Crippen molar-refractivity contribution in [2.45, 2.75) is 20.8 Å². The number of imide groups is 1. The van der Waals surface area contributed by atoms with E-state index in [0.29, 0.717) is 46.6 Å². The Hall–Kier alpha value is -3.48. The molecule has 164 valence electrons. The molecule has 0 saturated heterocycles. The van der Waals surface area contributed by atoms with Gasteiger partial charge in [-0.25, -0.2) is 0 Å². The van der Waals surface area contributed by atoms with E-state index in [-0.39, 0.29) is 24.1 Å². The van der Waals surface area contributed by atoms with Gasteiger partial charge in [0.15, 0.2) is 0 Å². The topological polar surface area (TPSA) is 77.1 Å². The summed E-state index contributed by atoms with van der Waals surface area (Å²) in [7, 11) is 3.10. The smallest absolute Gasteiger partial charge is 0.278 e. The van der Waals surface area contributed by atoms with E-state index >= 15 is 0 Å². The van der Waals surface area contributed by atoms with Gasteiger partial charge in [-0.05, 0) is 42.7 Å². The van der Waals surface area contributed by atoms with Crippen LogP contribution in [0.4, 0.5) is 5.69 Å². The molecule has 7 heteroatoms. The Bertz CT molecular complexity index is 996. The van der Waals surface area contributed by atoms with Crippen LogP contribution >= 0.6 is 0 Å². The number of hydrogen-bond donors (Lipinski definition) is 1. The number of ether oxygens (including phenoxy) is 3. The van der Waals surface area contributed by atoms with E-state index in [1.807, 2.05) is 0 Å². The fraction of sp³-hybridized carbons (Fsp3) is 0.333. The highest BCUT2D eigenvalue weighted by Crippen LogP contribution is 2.35. The van der Waals surface area contributed by atoms with E-state index in [1.165, 1.54) is 12.0 Å². The van der Waals surface area contributed by atoms with Crippen LogP contribution in [0.15, 0.2) is 48.2 Å². The van der Waals surface area contributed by atoms with Crippen LogP contribution in [0.1, 0.15) is 26.3 Å². The van der Waals surface area contributed by atoms with Crippen LogP contribution in [0.5, 0.6) is 17.2 Å². The lowest BCUT2D eigenvalue weighted by Gasteiger charge is -2.14. The summed E-state index contributed by atoms with van der Waals surface area (Å²) in [5.74, 6) is 1.52. The number of rotatable bonds is 9. The molecule has 1 N–H and O–H groups in total. The third-order valence-corrected chi connectivity index (χ3v) is 4.88. The zero-order valence-corrected chi connectivity index (χ0v) is 18.5. The van der Waals surface area contributed by atoms with Gasteiger partial charge in [-0.2, -0.15) is 0 Å². The van der Waals surface area contributed by atoms with Crippen LogP contribution in [0.25, 0.3) is 5.57 Å². The molecular weight excluding hydrogens is 396 g/mol. The lowest BCUT2D eigenvalue weighted by molar-refractivity contribution is -0.136. The van der Waals surface area contributed by atoms with Gasteiger partial charge in [0.1, 0.15) is 22.9 Å². The number of amides is 2. The van der Waals surface area contributed by atoms with Gasteiger partial charge in [0.25, 0.3) is 11.8 Å². The molecule has 0 aliphatic carbocycles. The largest absolute Gasteiger partial charge is 0.497 e. The van der Waals surface area contributed by atoms with Crippen molar-refractivity contribution in [1.82, 2.24) is 4.90 Å². The number of nitrogens with one attached hydrogen (secondary N) is 1. The number of benzene rings is 2. The fourth-order valence-electron chi connectivity index (χ4n) is 3.27. The first-order chi connectivity index (χ1) is 14.9. The van der Waals surface area contributed by atoms with E-state index in [9.17, 15) is 9.59 Å². The highest BCUT2D eigenvalue weighted by molar-refractivity contribution is 6.36. The second-order valence-corrected chi connectivity index (χ2v) is 7.53. The number of hydrogen-bond acceptors (Lipinski definition) is 6. The van der Waals surface area contributed by atoms with Crippen LogP contribution in [0.3, 0.4) is 0 Å². The van der Waals surface area contributed by atoms with Crippen molar-refractivity contribution in [3.05, 3.63) is 53.7 Å². The number of nitrogens with zero attached hydrogens (tertiary/aromatic N) is 1. The van der Waals surface area contributed by atoms with Crippen LogP contribution in [0, 0.1) is 5.92 Å². The molecular formula is C24H28N2O5. The van der Waals surface area contributed by atoms with Crippen molar-refractivity contribution < 1.29 is 23.8 Å². The third-order valence-electron chi connectivity index (χ3n) is 4.88. The van der Waals surface area contributed by atoms with Crippen molar-refractivity contribution in [3.63, 3.8) is 0 Å². The number of anilines is 1. The molecule has 31 heavy (non-hydrogen) atoms. The van der Waals surface area contributed by atoms with Crippen LogP contribution in [0.2, 0.25) is 0 Å². The molecule has 0 saturated carbocycles. The minimum atomic E-state index is -0.382. The van der Waals surface area contributed by atoms with Gasteiger partial charge < -0.3 is 19.5 Å². The molecule has 0 unspecified atom stereocenters. The average molecular weight is 424 g/mol. The Balaban J connectivity index is 2.01. The Morgan fingerprint density at radius 3 is 2.19 bits per heavy atom. The molecule has 1 aliphatic rings. The van der Waals surface area contributed by atoms with E-state index in [1.54, 1.807) is 56.5 Å². The highest BCUT2D eigenvalue weighted by Gasteiger charge is 2.38. The zero-order chi connectivity index (χ0) is 22.5. The highest BCUT2D eigenvalue weighted by atomic mass is 16.5. The summed E-state index contributed by atoms with van der Waals surface area (Å²) in [5.41, 5.74) is 1.68. The molecule has 0 spiro atoms. The molecule has 0 bridgehead atoms. The molecule has 2 aromatic rings. The summed E-state index contributed by atoms with van der Waals surface area (Å²) < 4.78 is 16.4. The van der Waals surface area contributed by atoms with Crippen LogP contribution in [-0.2, 0) is 9.59 Å². The molecule has 0 radical (unpaired) electrons. The molecule has 2 aromatic carbocycles. The normalized spacial score (nSPS) is 13.8. The summed E-state index contributed by atoms with van der Waals surface area (Å²) in [4.78, 5) is 27.3. The second kappa shape index (κ2) is 9.55. The first-order valence-corrected chi connectivity index (χ1v) is 10.2. The summed E-state index contributed by atoms with van der Waals surface area (Å²) in [6, 6.07) is 12.4. The van der Waals surface area contributed by atoms with Gasteiger partial charge >= 0.3 is 0 Å². The molecule has 0 aromatic heterocycles. The number of methoxy groups -OCH3 is 2. The van der Waals surface area contributed by atoms with E-state index in [4.69, 9.17) is 14.2 Å². The van der Waals surface area contributed by atoms with Crippen molar-refractivity contribution in [3.8, 4) is 17.2 Å². The third kappa shape index (κ3) is 4.66. The summed E-state index contributed by atoms with van der Waals surface area (Å²) in [6.45, 7) is 6.80. The molecule has 7 nitrogen and oxygen atoms in total. The summed E-state index contributed by atoms with van der Waals surface area (Å²) in [5, 5.41) is 3.11. The van der Waals surface area contributed by atoms with Gasteiger partial charge in [-0.1, -0.05) is 26.0 Å². The maximum Gasteiger partial charge on any atom is 0.278 e. The Kier molecular flexibility index (Phi) is 6.84. The van der Waals surface area contributed by atoms with Gasteiger partial charge in [0.05, 0.1) is 32.1 Å². The van der Waals surface area contributed by atoms with E-state index in [0.717, 1.165) is 0 Å². The van der Waals surface area contributed by atoms with Gasteiger partial charge in [0.2, 0.25) is 0 Å². The van der Waals surface area contributed by atoms with Gasteiger partial charge in [0, 0.05) is 12.6 Å². The minimum Gasteiger partial charge on any atom is -0.497 e. The maximum absolute atomic E-state index is 13.0. The molecule has 2 amide bonds. The van der Waals surface area contributed by atoms with Gasteiger partial charge in [-0.15, -0.1) is 0 Å². The number of carbonyl (C=O) groups is 2. The Morgan fingerprint density at radius 2 is 1.61 bits per heavy atom. The molecule has 3 rings (SSSR count). The maximum atomic E-state index is 13.0. The van der Waals surface area contributed by atoms with Crippen molar-refractivity contribution in [2.24, 2.45) is 5.92 Å². The monoisotopic (exact) mass is 424 g/mol. The summed E-state index contributed by atoms with van der Waals surface area (Å²) in [6.07, 6.45) is 0. The van der Waals surface area contributed by atoms with E-state index in [2.05, 4.69) is 19.2 Å². The predicted molar refractivity (Wildman–Crippen MR) is 119 cm³/mol. The SMILES string of the molecule is CCN1C(=O)C(Nc2cc(OC)ccc2OC)=C(c2ccc(OCC(C)C)cc2)C1=O. The lowest BCUT2D eigenvalue weighted by Crippen LogP contribution is -2.32. The first-order valence-electron chi connectivity index (χ1n) is 10.2. The summed E-state index contributed by atoms with van der Waals surface area (Å²) >= 11 is 0. The van der Waals surface area contributed by atoms with Crippen LogP contribution < -0.4 is 19.5 Å². The molecule has 0 atom stereocenters. The number of likely N-dealkylation sites (N-methyl/N-ethyl adjacent to an activating group) is 1. The molecule has 0 fully saturated rings. The average Bonchev–Trinajstić information content (AvgIpc) is 3.01. The quantitative estimate of drug-likeness (QED) is 0.614. The predicted octanol–water partition coefficient (Wildman–Crippen LogP) is 3.95. The van der Waals surface area contributed by atoms with Gasteiger partial charge in [-0.3, -0.25) is 14.5 Å². The van der Waals surface area contributed by atoms with Crippen molar-refractivity contribution in [1.29, 1.82) is 0 Å². The first kappa shape index (κ1) is 22.2. The van der Waals surface area contributed by atoms with Crippen molar-refractivity contribution in [2.75, 3.05) is 32.7 Å². The van der Waals surface area contributed by atoms with Crippen LogP contribution in [-0.4, -0.2) is 44.1 Å². The standard InChI is InChI=1S/C24H28N2O5/c1-6-26-23(27)21(16-7-9-17(10-8-16)31-14-15(2)3)22(24(26)28)25-19-13-18(29-4)11-12-20(19)30-5/h7-13,15,25H,6,14H2,1-5H3. The Labute approximate surface area is 182 Å². The zero-order valence-electron chi connectivity index (χ0n) is 18.5. The van der Waals surface area contributed by atoms with E-state index < -0.39 is 0 Å². The minimum absolute atomic E-state index is 0.203. The Morgan fingerprint density at radius 1 is 0.935 bits per heavy atom. The number of carbonyl (C=O) groups excluding carboxylic acids is 2.